The van der Waals surface area contributed by atoms with Gasteiger partial charge in [-0.1, -0.05) is 6.42 Å². The number of hydrogen-bond donors (Lipinski definition) is 3. The first-order chi connectivity index (χ1) is 8.28. The average molecular weight is 240 g/mol. The quantitative estimate of drug-likeness (QED) is 0.676. The molecular weight excluding hydrogens is 216 g/mol. The van der Waals surface area contributed by atoms with Gasteiger partial charge < -0.3 is 15.7 Å². The van der Waals surface area contributed by atoms with Crippen LogP contribution >= 0.6 is 0 Å². The largest absolute Gasteiger partial charge is 0.396 e. The summed E-state index contributed by atoms with van der Waals surface area (Å²) in [5.74, 6) is 1.11. The summed E-state index contributed by atoms with van der Waals surface area (Å²) < 4.78 is 0. The van der Waals surface area contributed by atoms with Gasteiger partial charge in [-0.3, -0.25) is 4.79 Å². The molecule has 17 heavy (non-hydrogen) atoms. The normalized spacial score (nSPS) is 33.6. The second-order valence-electron chi connectivity index (χ2n) is 5.54. The van der Waals surface area contributed by atoms with Crippen LogP contribution < -0.4 is 10.6 Å². The van der Waals surface area contributed by atoms with Crippen LogP contribution in [0.5, 0.6) is 0 Å². The Morgan fingerprint density at radius 1 is 1.29 bits per heavy atom. The number of hydrogen-bond acceptors (Lipinski definition) is 3. The first-order valence-electron chi connectivity index (χ1n) is 6.89. The molecule has 0 spiro atoms. The smallest absolute Gasteiger partial charge is 0.220 e. The topological polar surface area (TPSA) is 61.4 Å². The minimum Gasteiger partial charge on any atom is -0.396 e. The zero-order valence-corrected chi connectivity index (χ0v) is 10.5. The van der Waals surface area contributed by atoms with E-state index in [2.05, 4.69) is 10.6 Å². The Labute approximate surface area is 103 Å². The van der Waals surface area contributed by atoms with Crippen molar-refractivity contribution in [3.63, 3.8) is 0 Å². The molecule has 1 saturated heterocycles. The number of aliphatic hydroxyl groups is 1. The fourth-order valence-electron chi connectivity index (χ4n) is 3.03. The van der Waals surface area contributed by atoms with Crippen LogP contribution in [-0.2, 0) is 4.79 Å². The number of nitrogens with one attached hydrogen (secondary N) is 2. The maximum absolute atomic E-state index is 11.9. The molecule has 98 valence electrons. The van der Waals surface area contributed by atoms with Crippen LogP contribution in [0.3, 0.4) is 0 Å². The summed E-state index contributed by atoms with van der Waals surface area (Å²) in [6.45, 7) is 2.30. The Morgan fingerprint density at radius 3 is 2.88 bits per heavy atom. The molecule has 0 aromatic heterocycles. The minimum atomic E-state index is 0.197. The molecule has 2 aliphatic rings. The van der Waals surface area contributed by atoms with Crippen molar-refractivity contribution in [2.75, 3.05) is 19.7 Å². The van der Waals surface area contributed by atoms with E-state index in [0.717, 1.165) is 45.2 Å². The molecule has 2 fully saturated rings. The maximum atomic E-state index is 11.9. The highest BCUT2D eigenvalue weighted by Gasteiger charge is 2.24. The van der Waals surface area contributed by atoms with E-state index in [-0.39, 0.29) is 12.5 Å². The molecule has 0 aromatic rings. The van der Waals surface area contributed by atoms with Crippen molar-refractivity contribution >= 4 is 5.91 Å². The van der Waals surface area contributed by atoms with Crippen molar-refractivity contribution in [3.8, 4) is 0 Å². The van der Waals surface area contributed by atoms with E-state index in [0.29, 0.717) is 24.3 Å². The van der Waals surface area contributed by atoms with Gasteiger partial charge in [0.2, 0.25) is 5.91 Å². The van der Waals surface area contributed by atoms with Gasteiger partial charge in [0.15, 0.2) is 0 Å². The molecule has 2 rings (SSSR count). The van der Waals surface area contributed by atoms with Gasteiger partial charge in [0.25, 0.3) is 0 Å². The lowest BCUT2D eigenvalue weighted by molar-refractivity contribution is -0.123. The van der Waals surface area contributed by atoms with Crippen LogP contribution in [0, 0.1) is 11.8 Å². The SMILES string of the molecule is O=C(CC1CCNC1)NC1CCCC(CO)C1. The summed E-state index contributed by atoms with van der Waals surface area (Å²) in [5, 5.41) is 15.6. The standard InChI is InChI=1S/C13H24N2O2/c16-9-11-2-1-3-12(6-11)15-13(17)7-10-4-5-14-8-10/h10-12,14,16H,1-9H2,(H,15,17). The lowest BCUT2D eigenvalue weighted by Crippen LogP contribution is -2.39. The molecule has 3 atom stereocenters. The monoisotopic (exact) mass is 240 g/mol. The van der Waals surface area contributed by atoms with Crippen LogP contribution in [0.2, 0.25) is 0 Å². The van der Waals surface area contributed by atoms with Crippen molar-refractivity contribution in [3.05, 3.63) is 0 Å². The second-order valence-corrected chi connectivity index (χ2v) is 5.54. The van der Waals surface area contributed by atoms with Gasteiger partial charge in [0, 0.05) is 19.1 Å². The Morgan fingerprint density at radius 2 is 2.18 bits per heavy atom. The summed E-state index contributed by atoms with van der Waals surface area (Å²) in [5.41, 5.74) is 0. The summed E-state index contributed by atoms with van der Waals surface area (Å²) in [6, 6.07) is 0.294. The van der Waals surface area contributed by atoms with Gasteiger partial charge >= 0.3 is 0 Å². The number of amides is 1. The lowest BCUT2D eigenvalue weighted by atomic mass is 9.86. The number of carbonyl (C=O) groups is 1. The lowest BCUT2D eigenvalue weighted by Gasteiger charge is -2.28. The molecule has 4 nitrogen and oxygen atoms in total. The molecule has 1 saturated carbocycles. The van der Waals surface area contributed by atoms with Gasteiger partial charge in [-0.05, 0) is 50.6 Å². The molecule has 1 heterocycles. The Kier molecular flexibility index (Phi) is 4.80. The van der Waals surface area contributed by atoms with E-state index in [1.165, 1.54) is 0 Å². The zero-order chi connectivity index (χ0) is 12.1. The van der Waals surface area contributed by atoms with Crippen LogP contribution in [0.25, 0.3) is 0 Å². The summed E-state index contributed by atoms with van der Waals surface area (Å²) in [6.07, 6.45) is 6.04. The highest BCUT2D eigenvalue weighted by atomic mass is 16.3. The molecule has 3 N–H and O–H groups in total. The van der Waals surface area contributed by atoms with E-state index < -0.39 is 0 Å². The van der Waals surface area contributed by atoms with Crippen LogP contribution in [0.1, 0.15) is 38.5 Å². The molecule has 0 bridgehead atoms. The Balaban J connectivity index is 1.70. The first-order valence-corrected chi connectivity index (χ1v) is 6.89. The second kappa shape index (κ2) is 6.36. The number of aliphatic hydroxyl groups excluding tert-OH is 1. The van der Waals surface area contributed by atoms with Gasteiger partial charge in [0.05, 0.1) is 0 Å². The van der Waals surface area contributed by atoms with Gasteiger partial charge in [-0.25, -0.2) is 0 Å². The van der Waals surface area contributed by atoms with Crippen molar-refractivity contribution in [2.24, 2.45) is 11.8 Å². The summed E-state index contributed by atoms with van der Waals surface area (Å²) >= 11 is 0. The van der Waals surface area contributed by atoms with E-state index in [9.17, 15) is 4.79 Å². The molecule has 1 aliphatic carbocycles. The molecule has 3 unspecified atom stereocenters. The van der Waals surface area contributed by atoms with E-state index in [4.69, 9.17) is 5.11 Å². The molecule has 1 aliphatic heterocycles. The third-order valence-corrected chi connectivity index (χ3v) is 4.04. The predicted octanol–water partition coefficient (Wildman–Crippen LogP) is 0.653. The molecule has 0 radical (unpaired) electrons. The van der Waals surface area contributed by atoms with Crippen LogP contribution in [-0.4, -0.2) is 36.8 Å². The molecular formula is C13H24N2O2. The third-order valence-electron chi connectivity index (χ3n) is 4.04. The van der Waals surface area contributed by atoms with Crippen LogP contribution in [0.4, 0.5) is 0 Å². The maximum Gasteiger partial charge on any atom is 0.220 e. The van der Waals surface area contributed by atoms with Crippen molar-refractivity contribution < 1.29 is 9.90 Å². The fourth-order valence-corrected chi connectivity index (χ4v) is 3.03. The van der Waals surface area contributed by atoms with E-state index in [1.54, 1.807) is 0 Å². The zero-order valence-electron chi connectivity index (χ0n) is 10.5. The first kappa shape index (κ1) is 12.8. The van der Waals surface area contributed by atoms with E-state index >= 15 is 0 Å². The van der Waals surface area contributed by atoms with Gasteiger partial charge in [-0.2, -0.15) is 0 Å². The van der Waals surface area contributed by atoms with Crippen LogP contribution in [0.15, 0.2) is 0 Å². The number of rotatable bonds is 4. The summed E-state index contributed by atoms with van der Waals surface area (Å²) in [7, 11) is 0. The average Bonchev–Trinajstić information content (AvgIpc) is 2.82. The van der Waals surface area contributed by atoms with Gasteiger partial charge in [-0.15, -0.1) is 0 Å². The van der Waals surface area contributed by atoms with Crippen molar-refractivity contribution in [1.29, 1.82) is 0 Å². The summed E-state index contributed by atoms with van der Waals surface area (Å²) in [4.78, 5) is 11.9. The predicted molar refractivity (Wildman–Crippen MR) is 66.6 cm³/mol. The molecule has 4 heteroatoms. The molecule has 1 amide bonds. The third kappa shape index (κ3) is 3.96. The Bertz CT molecular complexity index is 252. The molecule has 0 aromatic carbocycles. The minimum absolute atomic E-state index is 0.197. The highest BCUT2D eigenvalue weighted by molar-refractivity contribution is 5.76. The van der Waals surface area contributed by atoms with Crippen molar-refractivity contribution in [1.82, 2.24) is 10.6 Å². The van der Waals surface area contributed by atoms with Gasteiger partial charge in [0.1, 0.15) is 0 Å². The Hall–Kier alpha value is -0.610. The van der Waals surface area contributed by atoms with Crippen molar-refractivity contribution in [2.45, 2.75) is 44.6 Å². The number of carbonyl (C=O) groups excluding carboxylic acids is 1. The fraction of sp³-hybridized carbons (Fsp3) is 0.923. The highest BCUT2D eigenvalue weighted by Crippen LogP contribution is 2.24. The van der Waals surface area contributed by atoms with E-state index in [1.807, 2.05) is 0 Å².